The van der Waals surface area contributed by atoms with Crippen LogP contribution < -0.4 is 9.47 Å². The van der Waals surface area contributed by atoms with Crippen molar-refractivity contribution in [2.24, 2.45) is 0 Å². The maximum absolute atomic E-state index is 14.5. The Bertz CT molecular complexity index is 1250. The summed E-state index contributed by atoms with van der Waals surface area (Å²) in [5.74, 6) is -0.729. The molecular weight excluding hydrogens is 633 g/mol. The van der Waals surface area contributed by atoms with Crippen LogP contribution in [0.2, 0.25) is 0 Å². The fraction of sp³-hybridized carbons (Fsp3) is 0.600. The van der Waals surface area contributed by atoms with Crippen LogP contribution in [0.1, 0.15) is 121 Å². The molecule has 0 fully saturated rings. The number of carbonyl (C=O) groups excluding carboxylic acids is 2. The molecule has 0 aliphatic rings. The van der Waals surface area contributed by atoms with Crippen LogP contribution in [0.3, 0.4) is 0 Å². The Hall–Kier alpha value is -3.33. The predicted molar refractivity (Wildman–Crippen MR) is 188 cm³/mol. The monoisotopic (exact) mass is 690 g/mol. The van der Waals surface area contributed by atoms with E-state index in [1.54, 1.807) is 24.3 Å². The summed E-state index contributed by atoms with van der Waals surface area (Å²) in [4.78, 5) is 26.5. The van der Waals surface area contributed by atoms with Crippen molar-refractivity contribution in [1.29, 1.82) is 0 Å². The first-order valence-electron chi connectivity index (χ1n) is 17.9. The predicted octanol–water partition coefficient (Wildman–Crippen LogP) is 10.6. The summed E-state index contributed by atoms with van der Waals surface area (Å²) in [6.45, 7) is 2.23. The molecule has 0 spiro atoms. The maximum atomic E-state index is 14.5. The smallest absolute Gasteiger partial charge is 0.432 e. The molecule has 0 aliphatic carbocycles. The van der Waals surface area contributed by atoms with Gasteiger partial charge in [0.25, 0.3) is 5.60 Å². The van der Waals surface area contributed by atoms with Crippen molar-refractivity contribution in [1.82, 2.24) is 0 Å². The number of esters is 1. The lowest BCUT2D eigenvalue weighted by molar-refractivity contribution is -0.278. The van der Waals surface area contributed by atoms with Gasteiger partial charge in [-0.05, 0) is 62.6 Å². The SMILES string of the molecule is CCCCCCCC/C=C\CCCCCCCC(=O)C[C@H](CCc1ccc(OC)c(OC)c1)OC(=O)[C@](OC)(c1ccccc1)C(F)(F)F. The Morgan fingerprint density at radius 3 is 1.92 bits per heavy atom. The molecule has 6 nitrogen and oxygen atoms in total. The van der Waals surface area contributed by atoms with Gasteiger partial charge in [-0.3, -0.25) is 4.79 Å². The van der Waals surface area contributed by atoms with Crippen LogP contribution in [0.5, 0.6) is 11.5 Å². The standard InChI is InChI=1S/C40H57F3O6/c1-5-6-7-8-9-10-11-12-13-14-15-16-17-18-22-25-34(44)31-35(28-26-32-27-29-36(46-2)37(30-32)47-3)49-38(45)39(48-4,40(41,42)43)33-23-20-19-21-24-33/h12-13,19-21,23-24,27,29-30,35H,5-11,14-18,22,25-26,28,31H2,1-4H3/b13-12-/t35-,39+/m0/s1. The van der Waals surface area contributed by atoms with Crippen molar-refractivity contribution in [2.45, 2.75) is 134 Å². The van der Waals surface area contributed by atoms with Gasteiger partial charge in [0.2, 0.25) is 0 Å². The summed E-state index contributed by atoms with van der Waals surface area (Å²) in [5, 5.41) is 0. The first-order valence-corrected chi connectivity index (χ1v) is 17.9. The Kier molecular flexibility index (Phi) is 19.8. The van der Waals surface area contributed by atoms with Gasteiger partial charge in [0.1, 0.15) is 11.9 Å². The van der Waals surface area contributed by atoms with E-state index in [0.717, 1.165) is 51.2 Å². The van der Waals surface area contributed by atoms with Gasteiger partial charge in [-0.1, -0.05) is 107 Å². The Labute approximate surface area is 291 Å². The van der Waals surface area contributed by atoms with Gasteiger partial charge >= 0.3 is 12.1 Å². The molecule has 274 valence electrons. The van der Waals surface area contributed by atoms with E-state index in [1.807, 2.05) is 0 Å². The highest BCUT2D eigenvalue weighted by Crippen LogP contribution is 2.43. The van der Waals surface area contributed by atoms with Crippen LogP contribution in [0.25, 0.3) is 0 Å². The molecule has 2 aromatic rings. The molecule has 0 saturated carbocycles. The third-order valence-electron chi connectivity index (χ3n) is 8.82. The highest BCUT2D eigenvalue weighted by atomic mass is 19.4. The molecule has 2 aromatic carbocycles. The zero-order valence-electron chi connectivity index (χ0n) is 30.0. The summed E-state index contributed by atoms with van der Waals surface area (Å²) in [6.07, 6.45) is 13.7. The van der Waals surface area contributed by atoms with Crippen LogP contribution in [0.4, 0.5) is 13.2 Å². The minimum Gasteiger partial charge on any atom is -0.493 e. The Morgan fingerprint density at radius 1 is 0.755 bits per heavy atom. The topological polar surface area (TPSA) is 71.1 Å². The van der Waals surface area contributed by atoms with Gasteiger partial charge < -0.3 is 18.9 Å². The van der Waals surface area contributed by atoms with Crippen LogP contribution >= 0.6 is 0 Å². The molecule has 9 heteroatoms. The van der Waals surface area contributed by atoms with E-state index in [-0.39, 0.29) is 25.0 Å². The fourth-order valence-electron chi connectivity index (χ4n) is 5.94. The lowest BCUT2D eigenvalue weighted by Crippen LogP contribution is -2.52. The van der Waals surface area contributed by atoms with E-state index in [9.17, 15) is 22.8 Å². The summed E-state index contributed by atoms with van der Waals surface area (Å²) in [5.41, 5.74) is -2.93. The number of alkyl halides is 3. The molecule has 0 amide bonds. The number of hydrogen-bond acceptors (Lipinski definition) is 6. The Morgan fingerprint density at radius 2 is 1.35 bits per heavy atom. The molecule has 0 aromatic heterocycles. The van der Waals surface area contributed by atoms with Gasteiger partial charge in [-0.2, -0.15) is 13.2 Å². The van der Waals surface area contributed by atoms with Gasteiger partial charge in [0.05, 0.1) is 14.2 Å². The van der Waals surface area contributed by atoms with Crippen LogP contribution in [-0.4, -0.2) is 45.4 Å². The van der Waals surface area contributed by atoms with E-state index in [4.69, 9.17) is 18.9 Å². The van der Waals surface area contributed by atoms with Gasteiger partial charge in [0.15, 0.2) is 11.5 Å². The van der Waals surface area contributed by atoms with Crippen molar-refractivity contribution in [3.05, 3.63) is 71.8 Å². The highest BCUT2D eigenvalue weighted by Gasteiger charge is 2.64. The summed E-state index contributed by atoms with van der Waals surface area (Å²) < 4.78 is 64.7. The first kappa shape index (κ1) is 41.8. The Balaban J connectivity index is 1.95. The van der Waals surface area contributed by atoms with E-state index < -0.39 is 29.4 Å². The molecule has 2 atom stereocenters. The highest BCUT2D eigenvalue weighted by molar-refractivity contribution is 5.84. The van der Waals surface area contributed by atoms with Gasteiger partial charge in [-0.25, -0.2) is 4.79 Å². The quantitative estimate of drug-likeness (QED) is 0.0556. The molecule has 0 heterocycles. The van der Waals surface area contributed by atoms with E-state index >= 15 is 0 Å². The lowest BCUT2D eigenvalue weighted by Gasteiger charge is -2.33. The van der Waals surface area contributed by atoms with Crippen molar-refractivity contribution in [2.75, 3.05) is 21.3 Å². The number of aryl methyl sites for hydroxylation is 1. The van der Waals surface area contributed by atoms with E-state index in [1.165, 1.54) is 77.0 Å². The van der Waals surface area contributed by atoms with Crippen LogP contribution in [0, 0.1) is 0 Å². The first-order chi connectivity index (χ1) is 23.6. The summed E-state index contributed by atoms with van der Waals surface area (Å²) >= 11 is 0. The van der Waals surface area contributed by atoms with Crippen LogP contribution in [0.15, 0.2) is 60.7 Å². The van der Waals surface area contributed by atoms with E-state index in [0.29, 0.717) is 24.3 Å². The average Bonchev–Trinajstić information content (AvgIpc) is 3.09. The van der Waals surface area contributed by atoms with Crippen LogP contribution in [-0.2, 0) is 31.1 Å². The minimum absolute atomic E-state index is 0.131. The summed E-state index contributed by atoms with van der Waals surface area (Å²) in [7, 11) is 3.85. The van der Waals surface area contributed by atoms with Crippen molar-refractivity contribution in [3.63, 3.8) is 0 Å². The number of rotatable bonds is 26. The van der Waals surface area contributed by atoms with Crippen molar-refractivity contribution in [3.8, 4) is 11.5 Å². The second kappa shape index (κ2) is 23.1. The third-order valence-corrected chi connectivity index (χ3v) is 8.82. The van der Waals surface area contributed by atoms with E-state index in [2.05, 4.69) is 19.1 Å². The molecule has 0 aliphatic heterocycles. The van der Waals surface area contributed by atoms with Gasteiger partial charge in [0, 0.05) is 25.5 Å². The number of unbranched alkanes of at least 4 members (excludes halogenated alkanes) is 11. The zero-order valence-corrected chi connectivity index (χ0v) is 30.0. The van der Waals surface area contributed by atoms with Crippen molar-refractivity contribution < 1.29 is 41.7 Å². The second-order valence-electron chi connectivity index (χ2n) is 12.6. The number of methoxy groups -OCH3 is 3. The number of allylic oxidation sites excluding steroid dienone is 2. The molecule has 0 unspecified atom stereocenters. The zero-order chi connectivity index (χ0) is 36.0. The number of Topliss-reactive ketones (excluding diaryl/α,β-unsaturated/α-hetero) is 1. The number of ether oxygens (including phenoxy) is 4. The largest absolute Gasteiger partial charge is 0.493 e. The number of benzene rings is 2. The number of hydrogen-bond donors (Lipinski definition) is 0. The fourth-order valence-corrected chi connectivity index (χ4v) is 5.94. The number of carbonyl (C=O) groups is 2. The molecule has 0 N–H and O–H groups in total. The molecule has 49 heavy (non-hydrogen) atoms. The van der Waals surface area contributed by atoms with Crippen molar-refractivity contribution >= 4 is 11.8 Å². The molecular formula is C40H57F3O6. The summed E-state index contributed by atoms with van der Waals surface area (Å²) in [6, 6.07) is 12.0. The van der Waals surface area contributed by atoms with Gasteiger partial charge in [-0.15, -0.1) is 0 Å². The third kappa shape index (κ3) is 14.2. The normalized spacial score (nSPS) is 13.6. The maximum Gasteiger partial charge on any atom is 0.432 e. The lowest BCUT2D eigenvalue weighted by atomic mass is 9.92. The number of halogens is 3. The molecule has 0 saturated heterocycles. The molecule has 2 rings (SSSR count). The second-order valence-corrected chi connectivity index (χ2v) is 12.6. The molecule has 0 bridgehead atoms. The average molecular weight is 691 g/mol. The molecule has 0 radical (unpaired) electrons. The minimum atomic E-state index is -5.11. The number of ketones is 1.